The fourth-order valence-corrected chi connectivity index (χ4v) is 7.53. The first-order valence-corrected chi connectivity index (χ1v) is 25.4. The Labute approximate surface area is 346 Å². The second kappa shape index (κ2) is 43.4. The lowest BCUT2D eigenvalue weighted by Gasteiger charge is -2.19. The number of hydrogen-bond acceptors (Lipinski definition) is 7. The molecule has 0 bridgehead atoms. The average molecular weight is 815 g/mol. The molecule has 9 heteroatoms. The molecule has 1 N–H and O–H groups in total. The van der Waals surface area contributed by atoms with Crippen LogP contribution in [0.2, 0.25) is 0 Å². The number of esters is 2. The normalized spacial score (nSPS) is 13.3. The lowest BCUT2D eigenvalue weighted by atomic mass is 10.0. The van der Waals surface area contributed by atoms with E-state index in [0.717, 1.165) is 58.5 Å². The van der Waals surface area contributed by atoms with E-state index in [2.05, 4.69) is 30.5 Å². The highest BCUT2D eigenvalue weighted by atomic mass is 31.2. The van der Waals surface area contributed by atoms with Gasteiger partial charge in [-0.15, -0.1) is 0 Å². The van der Waals surface area contributed by atoms with Gasteiger partial charge in [0.05, 0.1) is 6.61 Å². The van der Waals surface area contributed by atoms with Crippen molar-refractivity contribution in [2.75, 3.05) is 20.3 Å². The first-order chi connectivity index (χ1) is 27.3. The van der Waals surface area contributed by atoms with Crippen molar-refractivity contribution in [3.8, 4) is 0 Å². The number of carbonyl (C=O) groups excluding carboxylic acids is 2. The summed E-state index contributed by atoms with van der Waals surface area (Å²) in [6.07, 6.45) is 48.4. The van der Waals surface area contributed by atoms with Crippen LogP contribution in [0.15, 0.2) is 12.2 Å². The van der Waals surface area contributed by atoms with Crippen molar-refractivity contribution in [2.45, 2.75) is 258 Å². The summed E-state index contributed by atoms with van der Waals surface area (Å²) in [5, 5.41) is 0. The first kappa shape index (κ1) is 54.8. The number of allylic oxidation sites excluding steroid dienone is 2. The first-order valence-electron chi connectivity index (χ1n) is 23.9. The van der Waals surface area contributed by atoms with Crippen molar-refractivity contribution in [1.82, 2.24) is 0 Å². The number of ether oxygens (including phenoxy) is 2. The Balaban J connectivity index is 3.89. The molecule has 2 atom stereocenters. The molecule has 0 saturated carbocycles. The van der Waals surface area contributed by atoms with Crippen LogP contribution >= 0.6 is 7.82 Å². The molecule has 0 aromatic carbocycles. The van der Waals surface area contributed by atoms with E-state index in [4.69, 9.17) is 14.0 Å². The zero-order valence-corrected chi connectivity index (χ0v) is 38.0. The van der Waals surface area contributed by atoms with Crippen LogP contribution in [0.5, 0.6) is 0 Å². The van der Waals surface area contributed by atoms with Gasteiger partial charge in [-0.2, -0.15) is 0 Å². The summed E-state index contributed by atoms with van der Waals surface area (Å²) in [7, 11) is -3.20. The number of phosphoric ester groups is 1. The Kier molecular flexibility index (Phi) is 42.4. The second-order valence-electron chi connectivity index (χ2n) is 16.3. The summed E-state index contributed by atoms with van der Waals surface area (Å²) < 4.78 is 32.1. The summed E-state index contributed by atoms with van der Waals surface area (Å²) in [4.78, 5) is 34.6. The molecule has 0 heterocycles. The SMILES string of the molecule is CCCCCCCCC/C=C\CCCCCCCC(=O)OC(COC(=O)CCCCCCCCCCCCCCCCCCCCCCC)COP(=O)(O)OC. The number of unbranched alkanes of at least 4 members (excludes halogenated alkanes) is 32. The molecule has 0 fully saturated rings. The topological polar surface area (TPSA) is 108 Å². The van der Waals surface area contributed by atoms with Crippen LogP contribution in [0.1, 0.15) is 251 Å². The molecule has 0 aromatic heterocycles. The van der Waals surface area contributed by atoms with Crippen LogP contribution < -0.4 is 0 Å². The van der Waals surface area contributed by atoms with Gasteiger partial charge in [-0.1, -0.05) is 212 Å². The van der Waals surface area contributed by atoms with Crippen LogP contribution in [0.3, 0.4) is 0 Å². The highest BCUT2D eigenvalue weighted by Gasteiger charge is 2.24. The molecule has 0 saturated heterocycles. The van der Waals surface area contributed by atoms with Crippen molar-refractivity contribution in [3.63, 3.8) is 0 Å². The fraction of sp³-hybridized carbons (Fsp3) is 0.915. The summed E-state index contributed by atoms with van der Waals surface area (Å²) in [5.74, 6) is -0.798. The van der Waals surface area contributed by atoms with Gasteiger partial charge >= 0.3 is 19.8 Å². The maximum Gasteiger partial charge on any atom is 0.472 e. The van der Waals surface area contributed by atoms with Gasteiger partial charge < -0.3 is 14.4 Å². The van der Waals surface area contributed by atoms with Gasteiger partial charge in [0.2, 0.25) is 0 Å². The third-order valence-electron chi connectivity index (χ3n) is 10.8. The maximum absolute atomic E-state index is 12.5. The van der Waals surface area contributed by atoms with Gasteiger partial charge in [-0.3, -0.25) is 18.6 Å². The van der Waals surface area contributed by atoms with E-state index in [0.29, 0.717) is 12.8 Å². The number of phosphoric acid groups is 1. The minimum absolute atomic E-state index is 0.222. The van der Waals surface area contributed by atoms with Gasteiger partial charge in [-0.05, 0) is 38.5 Å². The summed E-state index contributed by atoms with van der Waals surface area (Å²) in [6, 6.07) is 0. The molecule has 0 aromatic rings. The van der Waals surface area contributed by atoms with Crippen molar-refractivity contribution in [2.24, 2.45) is 0 Å². The second-order valence-corrected chi connectivity index (χ2v) is 17.8. The van der Waals surface area contributed by atoms with Gasteiger partial charge in [0, 0.05) is 20.0 Å². The molecule has 0 aliphatic rings. The summed E-state index contributed by atoms with van der Waals surface area (Å²) >= 11 is 0. The van der Waals surface area contributed by atoms with E-state index >= 15 is 0 Å². The Bertz CT molecular complexity index is 926. The zero-order valence-electron chi connectivity index (χ0n) is 37.1. The Hall–Kier alpha value is -1.21. The van der Waals surface area contributed by atoms with Crippen LogP contribution in [0.4, 0.5) is 0 Å². The summed E-state index contributed by atoms with van der Waals surface area (Å²) in [5.41, 5.74) is 0. The minimum atomic E-state index is -4.26. The lowest BCUT2D eigenvalue weighted by molar-refractivity contribution is -0.161. The molecule has 8 nitrogen and oxygen atoms in total. The largest absolute Gasteiger partial charge is 0.472 e. The summed E-state index contributed by atoms with van der Waals surface area (Å²) in [6.45, 7) is 3.92. The molecular weight excluding hydrogens is 723 g/mol. The third kappa shape index (κ3) is 42.4. The van der Waals surface area contributed by atoms with Crippen molar-refractivity contribution < 1.29 is 37.6 Å². The molecule has 0 aliphatic heterocycles. The zero-order chi connectivity index (χ0) is 41.1. The predicted octanol–water partition coefficient (Wildman–Crippen LogP) is 15.2. The van der Waals surface area contributed by atoms with E-state index in [1.54, 1.807) is 0 Å². The maximum atomic E-state index is 12.5. The molecule has 2 unspecified atom stereocenters. The molecule has 0 spiro atoms. The van der Waals surface area contributed by atoms with Crippen molar-refractivity contribution >= 4 is 19.8 Å². The molecule has 56 heavy (non-hydrogen) atoms. The van der Waals surface area contributed by atoms with Gasteiger partial charge in [0.15, 0.2) is 6.10 Å². The van der Waals surface area contributed by atoms with Gasteiger partial charge in [0.25, 0.3) is 0 Å². The van der Waals surface area contributed by atoms with Crippen LogP contribution in [0, 0.1) is 0 Å². The Morgan fingerprint density at radius 3 is 1.16 bits per heavy atom. The van der Waals surface area contributed by atoms with Gasteiger partial charge in [-0.25, -0.2) is 4.57 Å². The van der Waals surface area contributed by atoms with E-state index in [1.165, 1.54) is 167 Å². The van der Waals surface area contributed by atoms with Gasteiger partial charge in [0.1, 0.15) is 6.61 Å². The monoisotopic (exact) mass is 815 g/mol. The molecule has 0 amide bonds. The highest BCUT2D eigenvalue weighted by Crippen LogP contribution is 2.42. The predicted molar refractivity (Wildman–Crippen MR) is 235 cm³/mol. The molecule has 0 aliphatic carbocycles. The molecular formula is C47H91O8P. The van der Waals surface area contributed by atoms with E-state index in [9.17, 15) is 19.0 Å². The Morgan fingerprint density at radius 2 is 0.804 bits per heavy atom. The standard InChI is InChI=1S/C47H91O8P/c1-4-6-8-10-12-14-16-18-20-22-23-24-25-26-28-29-31-33-35-37-39-41-46(48)53-43-45(44-54-56(50,51)52-3)55-47(49)42-40-38-36-34-32-30-27-21-19-17-15-13-11-9-7-5-2/h21,27,45H,4-20,22-26,28-44H2,1-3H3,(H,50,51)/b27-21-. The Morgan fingerprint density at radius 1 is 0.482 bits per heavy atom. The molecule has 332 valence electrons. The number of hydrogen-bond donors (Lipinski definition) is 1. The van der Waals surface area contributed by atoms with Crippen LogP contribution in [-0.4, -0.2) is 43.3 Å². The lowest BCUT2D eigenvalue weighted by Crippen LogP contribution is -2.29. The molecule has 0 rings (SSSR count). The van der Waals surface area contributed by atoms with E-state index in [1.807, 2.05) is 0 Å². The number of carbonyl (C=O) groups is 2. The minimum Gasteiger partial charge on any atom is -0.462 e. The van der Waals surface area contributed by atoms with E-state index in [-0.39, 0.29) is 19.0 Å². The average Bonchev–Trinajstić information content (AvgIpc) is 3.19. The third-order valence-corrected chi connectivity index (χ3v) is 11.7. The molecule has 0 radical (unpaired) electrons. The smallest absolute Gasteiger partial charge is 0.462 e. The van der Waals surface area contributed by atoms with E-state index < -0.39 is 26.5 Å². The number of rotatable bonds is 45. The fourth-order valence-electron chi connectivity index (χ4n) is 7.07. The van der Waals surface area contributed by atoms with Crippen molar-refractivity contribution in [1.29, 1.82) is 0 Å². The quantitative estimate of drug-likeness (QED) is 0.0280. The van der Waals surface area contributed by atoms with Crippen LogP contribution in [0.25, 0.3) is 0 Å². The van der Waals surface area contributed by atoms with Crippen LogP contribution in [-0.2, 0) is 32.7 Å². The highest BCUT2D eigenvalue weighted by molar-refractivity contribution is 7.47. The van der Waals surface area contributed by atoms with Crippen molar-refractivity contribution in [3.05, 3.63) is 12.2 Å².